The quantitative estimate of drug-likeness (QED) is 0.422. The molecule has 0 radical (unpaired) electrons. The van der Waals surface area contributed by atoms with Crippen LogP contribution >= 0.6 is 34.2 Å². The van der Waals surface area contributed by atoms with Gasteiger partial charge in [0.2, 0.25) is 0 Å². The van der Waals surface area contributed by atoms with Crippen molar-refractivity contribution in [1.82, 2.24) is 9.97 Å². The van der Waals surface area contributed by atoms with Crippen LogP contribution < -0.4 is 0 Å². The van der Waals surface area contributed by atoms with Crippen LogP contribution in [-0.4, -0.2) is 29.6 Å². The Morgan fingerprint density at radius 2 is 2.00 bits per heavy atom. The van der Waals surface area contributed by atoms with E-state index in [4.69, 9.17) is 16.3 Å². The molecule has 0 atom stereocenters. The highest BCUT2D eigenvalue weighted by Gasteiger charge is 2.13. The van der Waals surface area contributed by atoms with Crippen molar-refractivity contribution in [2.24, 2.45) is 0 Å². The van der Waals surface area contributed by atoms with Crippen molar-refractivity contribution in [3.05, 3.63) is 20.2 Å². The zero-order valence-electron chi connectivity index (χ0n) is 10.1. The number of ether oxygens (including phenoxy) is 1. The first-order valence-electron chi connectivity index (χ1n) is 5.49. The zero-order valence-corrected chi connectivity index (χ0v) is 13.0. The summed E-state index contributed by atoms with van der Waals surface area (Å²) in [5, 5.41) is 0.401. The highest BCUT2D eigenvalue weighted by atomic mass is 127. The smallest absolute Gasteiger partial charge is 0.261 e. The van der Waals surface area contributed by atoms with Crippen LogP contribution in [0.3, 0.4) is 0 Å². The van der Waals surface area contributed by atoms with E-state index in [1.165, 1.54) is 0 Å². The molecule has 3 nitrogen and oxygen atoms in total. The molecule has 0 fully saturated rings. The second-order valence-corrected chi connectivity index (χ2v) is 5.44. The third kappa shape index (κ3) is 4.89. The fourth-order valence-corrected chi connectivity index (χ4v) is 2.37. The maximum absolute atomic E-state index is 11.9. The van der Waals surface area contributed by atoms with Gasteiger partial charge in [0, 0.05) is 6.42 Å². The molecule has 0 spiro atoms. The van der Waals surface area contributed by atoms with E-state index in [0.29, 0.717) is 17.4 Å². The van der Waals surface area contributed by atoms with E-state index in [0.717, 1.165) is 9.26 Å². The molecule has 1 aromatic rings. The van der Waals surface area contributed by atoms with Crippen LogP contribution in [0.1, 0.15) is 31.3 Å². The lowest BCUT2D eigenvalue weighted by molar-refractivity contribution is 0.0182. The third-order valence-corrected chi connectivity index (χ3v) is 3.80. The molecular formula is C11H14ClF2IN2O. The summed E-state index contributed by atoms with van der Waals surface area (Å²) in [6, 6.07) is 0. The van der Waals surface area contributed by atoms with Crippen molar-refractivity contribution in [2.75, 3.05) is 13.2 Å². The minimum Gasteiger partial charge on any atom is -0.375 e. The summed E-state index contributed by atoms with van der Waals surface area (Å²) in [4.78, 5) is 8.49. The molecule has 0 amide bonds. The van der Waals surface area contributed by atoms with Crippen molar-refractivity contribution < 1.29 is 13.5 Å². The molecule has 0 N–H and O–H groups in total. The molecule has 102 valence electrons. The molecule has 0 aliphatic rings. The third-order valence-electron chi connectivity index (χ3n) is 2.14. The first kappa shape index (κ1) is 16.0. The lowest BCUT2D eigenvalue weighted by Crippen LogP contribution is -2.11. The van der Waals surface area contributed by atoms with Gasteiger partial charge in [-0.25, -0.2) is 18.7 Å². The Balaban J connectivity index is 2.66. The van der Waals surface area contributed by atoms with Gasteiger partial charge in [0.25, 0.3) is 6.43 Å². The number of aromatic nitrogens is 2. The molecule has 0 saturated carbocycles. The Kier molecular flexibility index (Phi) is 6.65. The van der Waals surface area contributed by atoms with Crippen molar-refractivity contribution in [3.63, 3.8) is 0 Å². The van der Waals surface area contributed by atoms with Gasteiger partial charge in [0.1, 0.15) is 17.6 Å². The molecule has 0 saturated heterocycles. The lowest BCUT2D eigenvalue weighted by Gasteiger charge is -2.11. The van der Waals surface area contributed by atoms with Crippen molar-refractivity contribution in [1.29, 1.82) is 0 Å². The van der Waals surface area contributed by atoms with Crippen molar-refractivity contribution in [3.8, 4) is 0 Å². The van der Waals surface area contributed by atoms with E-state index in [1.807, 2.05) is 13.8 Å². The average Bonchev–Trinajstić information content (AvgIpc) is 2.28. The number of alkyl halides is 2. The molecule has 18 heavy (non-hydrogen) atoms. The molecular weight excluding hydrogens is 376 g/mol. The fourth-order valence-electron chi connectivity index (χ4n) is 1.31. The highest BCUT2D eigenvalue weighted by molar-refractivity contribution is 14.1. The van der Waals surface area contributed by atoms with Gasteiger partial charge in [-0.15, -0.1) is 0 Å². The Morgan fingerprint density at radius 3 is 2.56 bits per heavy atom. The summed E-state index contributed by atoms with van der Waals surface area (Å²) < 4.78 is 29.4. The second kappa shape index (κ2) is 7.49. The van der Waals surface area contributed by atoms with Crippen molar-refractivity contribution in [2.45, 2.75) is 32.6 Å². The Morgan fingerprint density at radius 1 is 1.33 bits per heavy atom. The Labute approximate surface area is 123 Å². The maximum Gasteiger partial charge on any atom is 0.261 e. The summed E-state index contributed by atoms with van der Waals surface area (Å²) in [6.07, 6.45) is -2.07. The van der Waals surface area contributed by atoms with E-state index in [1.54, 1.807) is 0 Å². The van der Waals surface area contributed by atoms with Crippen LogP contribution in [0.5, 0.6) is 0 Å². The summed E-state index contributed by atoms with van der Waals surface area (Å²) in [7, 11) is 0. The monoisotopic (exact) mass is 390 g/mol. The number of hydrogen-bond donors (Lipinski definition) is 0. The highest BCUT2D eigenvalue weighted by Crippen LogP contribution is 2.24. The average molecular weight is 391 g/mol. The van der Waals surface area contributed by atoms with Crippen LogP contribution in [-0.2, 0) is 11.2 Å². The van der Waals surface area contributed by atoms with E-state index >= 15 is 0 Å². The van der Waals surface area contributed by atoms with Crippen molar-refractivity contribution >= 4 is 34.2 Å². The van der Waals surface area contributed by atoms with Crippen LogP contribution in [0.4, 0.5) is 8.78 Å². The van der Waals surface area contributed by atoms with Gasteiger partial charge in [-0.3, -0.25) is 0 Å². The molecule has 0 aliphatic heterocycles. The molecule has 0 aromatic carbocycles. The molecule has 0 aliphatic carbocycles. The molecule has 1 aromatic heterocycles. The minimum absolute atomic E-state index is 0.165. The minimum atomic E-state index is -2.45. The second-order valence-electron chi connectivity index (χ2n) is 4.00. The van der Waals surface area contributed by atoms with Gasteiger partial charge >= 0.3 is 0 Å². The number of rotatable bonds is 6. The number of nitrogens with zero attached hydrogens (tertiary/aromatic N) is 2. The van der Waals surface area contributed by atoms with Gasteiger partial charge in [-0.2, -0.15) is 0 Å². The largest absolute Gasteiger partial charge is 0.375 e. The van der Waals surface area contributed by atoms with E-state index in [9.17, 15) is 8.78 Å². The summed E-state index contributed by atoms with van der Waals surface area (Å²) in [5.41, 5.74) is 0.874. The number of hydrogen-bond acceptors (Lipinski definition) is 3. The SMILES string of the molecule is CC(C)c1nc(CCOCC(F)F)nc(Cl)c1I. The standard InChI is InChI=1S/C11H14ClF2IN2O/c1-6(2)10-9(15)11(12)17-8(16-10)3-4-18-5-7(13)14/h6-7H,3-5H2,1-2H3. The zero-order chi connectivity index (χ0) is 13.7. The summed E-state index contributed by atoms with van der Waals surface area (Å²) in [5.74, 6) is 0.761. The van der Waals surface area contributed by atoms with Crippen LogP contribution in [0.15, 0.2) is 0 Å². The molecule has 0 bridgehead atoms. The van der Waals surface area contributed by atoms with E-state index in [-0.39, 0.29) is 12.5 Å². The lowest BCUT2D eigenvalue weighted by atomic mass is 10.1. The topological polar surface area (TPSA) is 35.0 Å². The van der Waals surface area contributed by atoms with Crippen LogP contribution in [0, 0.1) is 3.57 Å². The maximum atomic E-state index is 11.9. The Bertz CT molecular complexity index is 405. The van der Waals surface area contributed by atoms with Gasteiger partial charge in [0.05, 0.1) is 15.9 Å². The normalized spacial score (nSPS) is 11.6. The summed E-state index contributed by atoms with van der Waals surface area (Å²) >= 11 is 8.11. The molecule has 1 heterocycles. The van der Waals surface area contributed by atoms with Crippen LogP contribution in [0.25, 0.3) is 0 Å². The molecule has 1 rings (SSSR count). The molecule has 7 heteroatoms. The predicted octanol–water partition coefficient (Wildman–Crippen LogP) is 3.68. The fraction of sp³-hybridized carbons (Fsp3) is 0.636. The first-order valence-corrected chi connectivity index (χ1v) is 6.95. The van der Waals surface area contributed by atoms with Gasteiger partial charge in [0.15, 0.2) is 0 Å². The van der Waals surface area contributed by atoms with E-state index in [2.05, 4.69) is 32.6 Å². The number of halogens is 4. The predicted molar refractivity (Wildman–Crippen MR) is 74.4 cm³/mol. The Hall–Kier alpha value is -0.0800. The first-order chi connectivity index (χ1) is 8.41. The van der Waals surface area contributed by atoms with E-state index < -0.39 is 13.0 Å². The van der Waals surface area contributed by atoms with Gasteiger partial charge in [-0.05, 0) is 28.5 Å². The van der Waals surface area contributed by atoms with Gasteiger partial charge < -0.3 is 4.74 Å². The molecule has 0 unspecified atom stereocenters. The van der Waals surface area contributed by atoms with Crippen LogP contribution in [0.2, 0.25) is 5.15 Å². The summed E-state index contributed by atoms with van der Waals surface area (Å²) in [6.45, 7) is 3.63. The van der Waals surface area contributed by atoms with Gasteiger partial charge in [-0.1, -0.05) is 25.4 Å².